The van der Waals surface area contributed by atoms with Crippen molar-refractivity contribution in [1.82, 2.24) is 10.6 Å². The average Bonchev–Trinajstić information content (AvgIpc) is 2.49. The fraction of sp³-hybridized carbons (Fsp3) is 0.429. The first kappa shape index (κ1) is 14.3. The van der Waals surface area contributed by atoms with Crippen LogP contribution in [-0.2, 0) is 4.79 Å². The van der Waals surface area contributed by atoms with Gasteiger partial charge in [-0.3, -0.25) is 9.59 Å². The Morgan fingerprint density at radius 1 is 1.30 bits per heavy atom. The van der Waals surface area contributed by atoms with Gasteiger partial charge in [-0.15, -0.1) is 0 Å². The van der Waals surface area contributed by atoms with Crippen molar-refractivity contribution in [3.8, 4) is 0 Å². The first-order valence-corrected chi connectivity index (χ1v) is 6.78. The van der Waals surface area contributed by atoms with Gasteiger partial charge in [0.2, 0.25) is 6.41 Å². The van der Waals surface area contributed by atoms with Gasteiger partial charge >= 0.3 is 0 Å². The molecule has 0 saturated carbocycles. The molecule has 1 saturated heterocycles. The molecule has 1 fully saturated rings. The second-order valence-corrected chi connectivity index (χ2v) is 4.77. The summed E-state index contributed by atoms with van der Waals surface area (Å²) < 4.78 is 0. The third-order valence-corrected chi connectivity index (χ3v) is 3.44. The Labute approximate surface area is 118 Å². The first-order valence-electron chi connectivity index (χ1n) is 6.78. The lowest BCUT2D eigenvalue weighted by Gasteiger charge is -2.23. The first-order chi connectivity index (χ1) is 9.74. The number of hydrogen-bond donors (Lipinski definition) is 4. The van der Waals surface area contributed by atoms with E-state index in [0.717, 1.165) is 31.6 Å². The summed E-state index contributed by atoms with van der Waals surface area (Å²) in [5, 5.41) is 11.9. The van der Waals surface area contributed by atoms with Crippen molar-refractivity contribution in [3.63, 3.8) is 0 Å². The smallest absolute Gasteiger partial charge is 0.251 e. The number of amides is 2. The van der Waals surface area contributed by atoms with Gasteiger partial charge in [0.15, 0.2) is 0 Å². The highest BCUT2D eigenvalue weighted by molar-refractivity contribution is 5.97. The highest BCUT2D eigenvalue weighted by Gasteiger charge is 2.17. The molecule has 20 heavy (non-hydrogen) atoms. The van der Waals surface area contributed by atoms with Crippen LogP contribution in [0.5, 0.6) is 0 Å². The highest BCUT2D eigenvalue weighted by Crippen LogP contribution is 2.22. The molecule has 0 radical (unpaired) electrons. The number of piperidine rings is 1. The van der Waals surface area contributed by atoms with Crippen LogP contribution in [0.25, 0.3) is 0 Å². The van der Waals surface area contributed by atoms with E-state index in [1.807, 2.05) is 0 Å². The predicted molar refractivity (Wildman–Crippen MR) is 79.0 cm³/mol. The molecule has 4 N–H and O–H groups in total. The Morgan fingerprint density at radius 2 is 2.05 bits per heavy atom. The van der Waals surface area contributed by atoms with Gasteiger partial charge in [-0.2, -0.15) is 0 Å². The normalized spacial score (nSPS) is 15.4. The summed E-state index contributed by atoms with van der Waals surface area (Å²) in [6, 6.07) is 5.40. The van der Waals surface area contributed by atoms with Crippen molar-refractivity contribution in [2.45, 2.75) is 18.9 Å². The van der Waals surface area contributed by atoms with Crippen molar-refractivity contribution in [3.05, 3.63) is 23.8 Å². The molecular formula is C14H20N4O2. The molecule has 1 heterocycles. The van der Waals surface area contributed by atoms with E-state index in [2.05, 4.69) is 21.3 Å². The van der Waals surface area contributed by atoms with Crippen LogP contribution in [-0.4, -0.2) is 38.5 Å². The molecule has 0 aliphatic carbocycles. The molecule has 108 valence electrons. The summed E-state index contributed by atoms with van der Waals surface area (Å²) in [6.07, 6.45) is 2.52. The Bertz CT molecular complexity index is 484. The van der Waals surface area contributed by atoms with Crippen LogP contribution >= 0.6 is 0 Å². The minimum absolute atomic E-state index is 0.0777. The third-order valence-electron chi connectivity index (χ3n) is 3.44. The molecule has 6 nitrogen and oxygen atoms in total. The van der Waals surface area contributed by atoms with Crippen molar-refractivity contribution >= 4 is 23.7 Å². The maximum Gasteiger partial charge on any atom is 0.251 e. The molecule has 0 unspecified atom stereocenters. The number of benzene rings is 1. The molecule has 2 amide bonds. The molecule has 0 bridgehead atoms. The Morgan fingerprint density at radius 3 is 2.70 bits per heavy atom. The summed E-state index contributed by atoms with van der Waals surface area (Å²) in [6.45, 7) is 1.88. The van der Waals surface area contributed by atoms with E-state index >= 15 is 0 Å². The third kappa shape index (κ3) is 3.48. The lowest BCUT2D eigenvalue weighted by atomic mass is 10.1. The maximum absolute atomic E-state index is 12.2. The zero-order valence-electron chi connectivity index (χ0n) is 11.5. The van der Waals surface area contributed by atoms with E-state index < -0.39 is 0 Å². The van der Waals surface area contributed by atoms with Gasteiger partial charge in [0.25, 0.3) is 5.91 Å². The van der Waals surface area contributed by atoms with Gasteiger partial charge in [0.1, 0.15) is 0 Å². The number of carbonyl (C=O) groups is 2. The van der Waals surface area contributed by atoms with E-state index in [1.165, 1.54) is 0 Å². The largest absolute Gasteiger partial charge is 0.386 e. The second kappa shape index (κ2) is 6.91. The second-order valence-electron chi connectivity index (χ2n) is 4.77. The molecule has 0 aromatic heterocycles. The van der Waals surface area contributed by atoms with E-state index in [-0.39, 0.29) is 11.9 Å². The summed E-state index contributed by atoms with van der Waals surface area (Å²) in [4.78, 5) is 22.7. The molecule has 0 atom stereocenters. The van der Waals surface area contributed by atoms with Crippen LogP contribution < -0.4 is 21.3 Å². The van der Waals surface area contributed by atoms with Gasteiger partial charge in [0.05, 0.1) is 11.4 Å². The van der Waals surface area contributed by atoms with E-state index in [4.69, 9.17) is 0 Å². The van der Waals surface area contributed by atoms with Gasteiger partial charge in [-0.1, -0.05) is 0 Å². The fourth-order valence-electron chi connectivity index (χ4n) is 2.32. The van der Waals surface area contributed by atoms with Crippen molar-refractivity contribution in [1.29, 1.82) is 0 Å². The predicted octanol–water partition coefficient (Wildman–Crippen LogP) is 0.778. The van der Waals surface area contributed by atoms with Crippen LogP contribution in [0, 0.1) is 0 Å². The molecule has 0 spiro atoms. The number of nitrogens with one attached hydrogen (secondary N) is 4. The number of rotatable bonds is 5. The number of hydrogen-bond acceptors (Lipinski definition) is 4. The molecular weight excluding hydrogens is 256 g/mol. The average molecular weight is 276 g/mol. The summed E-state index contributed by atoms with van der Waals surface area (Å²) >= 11 is 0. The number of anilines is 2. The molecule has 1 aliphatic heterocycles. The van der Waals surface area contributed by atoms with Crippen LogP contribution in [0.15, 0.2) is 18.2 Å². The van der Waals surface area contributed by atoms with E-state index in [0.29, 0.717) is 17.7 Å². The monoisotopic (exact) mass is 276 g/mol. The minimum atomic E-state index is -0.0777. The van der Waals surface area contributed by atoms with Gasteiger partial charge in [0, 0.05) is 18.7 Å². The van der Waals surface area contributed by atoms with Crippen molar-refractivity contribution in [2.75, 3.05) is 30.8 Å². The van der Waals surface area contributed by atoms with Crippen LogP contribution in [0.4, 0.5) is 11.4 Å². The zero-order valence-corrected chi connectivity index (χ0v) is 11.5. The van der Waals surface area contributed by atoms with Gasteiger partial charge in [-0.25, -0.2) is 0 Å². The lowest BCUT2D eigenvalue weighted by Crippen LogP contribution is -2.42. The quantitative estimate of drug-likeness (QED) is 0.599. The summed E-state index contributed by atoms with van der Waals surface area (Å²) in [5.41, 5.74) is 1.96. The zero-order chi connectivity index (χ0) is 14.4. The van der Waals surface area contributed by atoms with Crippen molar-refractivity contribution in [2.24, 2.45) is 0 Å². The van der Waals surface area contributed by atoms with Crippen LogP contribution in [0.2, 0.25) is 0 Å². The SMILES string of the molecule is CNc1cc(C(=O)NC2CCNCC2)ccc1NC=O. The molecule has 1 aromatic rings. The topological polar surface area (TPSA) is 82.3 Å². The highest BCUT2D eigenvalue weighted by atomic mass is 16.1. The summed E-state index contributed by atoms with van der Waals surface area (Å²) in [7, 11) is 1.75. The molecule has 1 aromatic carbocycles. The van der Waals surface area contributed by atoms with Gasteiger partial charge in [-0.05, 0) is 44.1 Å². The Hall–Kier alpha value is -2.08. The fourth-order valence-corrected chi connectivity index (χ4v) is 2.32. The van der Waals surface area contributed by atoms with Crippen molar-refractivity contribution < 1.29 is 9.59 Å². The molecule has 6 heteroatoms. The van der Waals surface area contributed by atoms with E-state index in [1.54, 1.807) is 25.2 Å². The maximum atomic E-state index is 12.2. The van der Waals surface area contributed by atoms with E-state index in [9.17, 15) is 9.59 Å². The number of carbonyl (C=O) groups excluding carboxylic acids is 2. The minimum Gasteiger partial charge on any atom is -0.386 e. The van der Waals surface area contributed by atoms with Gasteiger partial charge < -0.3 is 21.3 Å². The standard InChI is InChI=1S/C14H20N4O2/c1-15-13-8-10(2-3-12(13)17-9-19)14(20)18-11-4-6-16-7-5-11/h2-3,8-9,11,15-16H,4-7H2,1H3,(H,17,19)(H,18,20). The van der Waals surface area contributed by atoms with Crippen LogP contribution in [0.3, 0.4) is 0 Å². The Balaban J connectivity index is 2.07. The summed E-state index contributed by atoms with van der Waals surface area (Å²) in [5.74, 6) is -0.0777. The van der Waals surface area contributed by atoms with Crippen LogP contribution in [0.1, 0.15) is 23.2 Å². The molecule has 2 rings (SSSR count). The molecule has 1 aliphatic rings. The Kier molecular flexibility index (Phi) is 4.95. The lowest BCUT2D eigenvalue weighted by molar-refractivity contribution is -0.105.